The van der Waals surface area contributed by atoms with Gasteiger partial charge in [-0.2, -0.15) is 0 Å². The van der Waals surface area contributed by atoms with E-state index in [1.807, 2.05) is 30.3 Å². The summed E-state index contributed by atoms with van der Waals surface area (Å²) in [6.07, 6.45) is 7.73. The Kier molecular flexibility index (Phi) is 6.63. The van der Waals surface area contributed by atoms with E-state index in [0.717, 1.165) is 40.6 Å². The van der Waals surface area contributed by atoms with Crippen molar-refractivity contribution in [1.82, 2.24) is 14.4 Å². The summed E-state index contributed by atoms with van der Waals surface area (Å²) in [4.78, 5) is 40.8. The van der Waals surface area contributed by atoms with Gasteiger partial charge in [0, 0.05) is 43.2 Å². The second kappa shape index (κ2) is 9.88. The third-order valence-electron chi connectivity index (χ3n) is 7.73. The van der Waals surface area contributed by atoms with Gasteiger partial charge in [0.2, 0.25) is 5.91 Å². The van der Waals surface area contributed by atoms with Crippen molar-refractivity contribution in [1.29, 1.82) is 0 Å². The Labute approximate surface area is 217 Å². The molecule has 0 atom stereocenters. The van der Waals surface area contributed by atoms with Crippen LogP contribution in [0, 0.1) is 0 Å². The van der Waals surface area contributed by atoms with E-state index in [1.54, 1.807) is 33.3 Å². The molecule has 0 spiro atoms. The van der Waals surface area contributed by atoms with E-state index in [4.69, 9.17) is 0 Å². The topological polar surface area (TPSA) is 82.8 Å². The third kappa shape index (κ3) is 4.54. The van der Waals surface area contributed by atoms with E-state index in [0.29, 0.717) is 18.0 Å². The molecule has 2 aromatic carbocycles. The van der Waals surface area contributed by atoms with Crippen LogP contribution >= 0.6 is 0 Å². The minimum absolute atomic E-state index is 0.0133. The number of likely N-dealkylation sites (N-methyl/N-ethyl adjacent to an activating group) is 2. The number of carboxylic acids is 1. The SMILES string of the molecule is CN(C)C(=O)CN(C)C(=O)C1=Cc2ccccc2-c2c(C3CCCCC3)c3ccc(C(=O)O)cc3n2C1. The first-order valence-corrected chi connectivity index (χ1v) is 12.9. The predicted octanol–water partition coefficient (Wildman–Crippen LogP) is 5.00. The van der Waals surface area contributed by atoms with Gasteiger partial charge in [0.25, 0.3) is 5.91 Å². The number of carbonyl (C=O) groups is 3. The lowest BCUT2D eigenvalue weighted by atomic mass is 9.81. The van der Waals surface area contributed by atoms with Gasteiger partial charge in [-0.1, -0.05) is 49.6 Å². The van der Waals surface area contributed by atoms with Crippen molar-refractivity contribution in [2.24, 2.45) is 0 Å². The van der Waals surface area contributed by atoms with Gasteiger partial charge in [0.15, 0.2) is 0 Å². The number of carbonyl (C=O) groups excluding carboxylic acids is 2. The minimum Gasteiger partial charge on any atom is -0.478 e. The van der Waals surface area contributed by atoms with Gasteiger partial charge >= 0.3 is 5.97 Å². The summed E-state index contributed by atoms with van der Waals surface area (Å²) < 4.78 is 2.13. The molecule has 2 amide bonds. The van der Waals surface area contributed by atoms with Crippen molar-refractivity contribution in [3.05, 3.63) is 64.7 Å². The van der Waals surface area contributed by atoms with Gasteiger partial charge in [-0.05, 0) is 48.1 Å². The van der Waals surface area contributed by atoms with E-state index in [-0.39, 0.29) is 23.9 Å². The first-order chi connectivity index (χ1) is 17.8. The molecule has 0 saturated heterocycles. The van der Waals surface area contributed by atoms with Gasteiger partial charge in [-0.15, -0.1) is 0 Å². The van der Waals surface area contributed by atoms with Crippen LogP contribution in [0.15, 0.2) is 48.0 Å². The smallest absolute Gasteiger partial charge is 0.335 e. The van der Waals surface area contributed by atoms with Crippen molar-refractivity contribution in [2.45, 2.75) is 44.6 Å². The molecule has 7 heteroatoms. The minimum atomic E-state index is -0.973. The average Bonchev–Trinajstić information content (AvgIpc) is 3.10. The molecule has 1 N–H and O–H groups in total. The van der Waals surface area contributed by atoms with Crippen LogP contribution in [0.25, 0.3) is 28.2 Å². The maximum Gasteiger partial charge on any atom is 0.335 e. The molecule has 3 aromatic rings. The zero-order valence-electron chi connectivity index (χ0n) is 21.7. The zero-order valence-corrected chi connectivity index (χ0v) is 21.7. The molecule has 0 unspecified atom stereocenters. The Bertz CT molecular complexity index is 1430. The highest BCUT2D eigenvalue weighted by atomic mass is 16.4. The quantitative estimate of drug-likeness (QED) is 0.536. The number of hydrogen-bond donors (Lipinski definition) is 1. The fraction of sp³-hybridized carbons (Fsp3) is 0.367. The van der Waals surface area contributed by atoms with E-state index in [1.165, 1.54) is 34.6 Å². The highest BCUT2D eigenvalue weighted by Crippen LogP contribution is 2.46. The molecule has 7 nitrogen and oxygen atoms in total. The van der Waals surface area contributed by atoms with E-state index in [2.05, 4.69) is 10.6 Å². The molecule has 0 radical (unpaired) electrons. The standard InChI is InChI=1S/C30H33N3O4/c1-31(2)26(34)18-32(3)29(35)22-15-20-11-7-8-12-23(20)28-27(19-9-5-4-6-10-19)24-14-13-21(30(36)37)16-25(24)33(28)17-22/h7-8,11-16,19H,4-6,9-10,17-18H2,1-3H3,(H,36,37). The fourth-order valence-electron chi connectivity index (χ4n) is 5.80. The Morgan fingerprint density at radius 2 is 1.73 bits per heavy atom. The Hall–Kier alpha value is -3.87. The van der Waals surface area contributed by atoms with Crippen molar-refractivity contribution in [3.8, 4) is 11.3 Å². The first kappa shape index (κ1) is 24.8. The summed E-state index contributed by atoms with van der Waals surface area (Å²) in [6.45, 7) is 0.288. The van der Waals surface area contributed by atoms with Gasteiger partial charge in [-0.25, -0.2) is 4.79 Å². The number of benzene rings is 2. The van der Waals surface area contributed by atoms with Crippen LogP contribution in [0.3, 0.4) is 0 Å². The molecular weight excluding hydrogens is 466 g/mol. The van der Waals surface area contributed by atoms with E-state index < -0.39 is 5.97 Å². The molecule has 192 valence electrons. The molecule has 1 fully saturated rings. The molecule has 1 saturated carbocycles. The van der Waals surface area contributed by atoms with Crippen LogP contribution in [0.5, 0.6) is 0 Å². The molecule has 5 rings (SSSR count). The highest BCUT2D eigenvalue weighted by Gasteiger charge is 2.31. The first-order valence-electron chi connectivity index (χ1n) is 12.9. The molecule has 0 bridgehead atoms. The fourth-order valence-corrected chi connectivity index (χ4v) is 5.80. The average molecular weight is 500 g/mol. The summed E-state index contributed by atoms with van der Waals surface area (Å²) in [7, 11) is 4.99. The summed E-state index contributed by atoms with van der Waals surface area (Å²) >= 11 is 0. The lowest BCUT2D eigenvalue weighted by Gasteiger charge is -2.24. The number of carboxylic acid groups (broad SMARTS) is 1. The maximum absolute atomic E-state index is 13.6. The monoisotopic (exact) mass is 499 g/mol. The molecule has 2 heterocycles. The molecule has 2 aliphatic rings. The summed E-state index contributed by atoms with van der Waals surface area (Å²) in [5, 5.41) is 10.8. The second-order valence-corrected chi connectivity index (χ2v) is 10.4. The third-order valence-corrected chi connectivity index (χ3v) is 7.73. The van der Waals surface area contributed by atoms with Gasteiger partial charge in [0.05, 0.1) is 24.3 Å². The number of rotatable bonds is 5. The van der Waals surface area contributed by atoms with Crippen molar-refractivity contribution >= 4 is 34.8 Å². The number of nitrogens with zero attached hydrogens (tertiary/aromatic N) is 3. The van der Waals surface area contributed by atoms with Crippen LogP contribution in [0.2, 0.25) is 0 Å². The van der Waals surface area contributed by atoms with Gasteiger partial charge in [-0.3, -0.25) is 9.59 Å². The van der Waals surface area contributed by atoms with Crippen molar-refractivity contribution in [3.63, 3.8) is 0 Å². The maximum atomic E-state index is 13.6. The number of aromatic carboxylic acids is 1. The summed E-state index contributed by atoms with van der Waals surface area (Å²) in [5.41, 5.74) is 5.96. The molecule has 1 aromatic heterocycles. The molecule has 1 aliphatic heterocycles. The van der Waals surface area contributed by atoms with Crippen molar-refractivity contribution < 1.29 is 19.5 Å². The van der Waals surface area contributed by atoms with Gasteiger partial charge < -0.3 is 19.5 Å². The summed E-state index contributed by atoms with van der Waals surface area (Å²) in [6, 6.07) is 13.5. The van der Waals surface area contributed by atoms with Gasteiger partial charge in [0.1, 0.15) is 0 Å². The van der Waals surface area contributed by atoms with Crippen molar-refractivity contribution in [2.75, 3.05) is 27.7 Å². The number of amides is 2. The number of hydrogen-bond acceptors (Lipinski definition) is 3. The second-order valence-electron chi connectivity index (χ2n) is 10.4. The predicted molar refractivity (Wildman–Crippen MR) is 144 cm³/mol. The van der Waals surface area contributed by atoms with E-state index >= 15 is 0 Å². The molecule has 37 heavy (non-hydrogen) atoms. The van der Waals surface area contributed by atoms with E-state index in [9.17, 15) is 19.5 Å². The lowest BCUT2D eigenvalue weighted by molar-refractivity contribution is -0.136. The lowest BCUT2D eigenvalue weighted by Crippen LogP contribution is -2.38. The Morgan fingerprint density at radius 3 is 2.43 bits per heavy atom. The van der Waals surface area contributed by atoms with Crippen LogP contribution < -0.4 is 0 Å². The molecule has 1 aliphatic carbocycles. The van der Waals surface area contributed by atoms with Crippen LogP contribution in [-0.4, -0.2) is 64.9 Å². The molecular formula is C30H33N3O4. The number of fused-ring (bicyclic) bond motifs is 5. The largest absolute Gasteiger partial charge is 0.478 e. The normalized spacial score (nSPS) is 15.4. The summed E-state index contributed by atoms with van der Waals surface area (Å²) in [5.74, 6) is -0.954. The van der Waals surface area contributed by atoms with Crippen LogP contribution in [0.4, 0.5) is 0 Å². The number of aromatic nitrogens is 1. The van der Waals surface area contributed by atoms with Crippen LogP contribution in [-0.2, 0) is 16.1 Å². The Morgan fingerprint density at radius 1 is 1.00 bits per heavy atom. The van der Waals surface area contributed by atoms with Crippen LogP contribution in [0.1, 0.15) is 59.5 Å². The highest BCUT2D eigenvalue weighted by molar-refractivity contribution is 6.04. The zero-order chi connectivity index (χ0) is 26.3. The Balaban J connectivity index is 1.71.